The lowest BCUT2D eigenvalue weighted by atomic mass is 10.1. The van der Waals surface area contributed by atoms with Gasteiger partial charge in [-0.1, -0.05) is 0 Å². The smallest absolute Gasteiger partial charge is 0.252 e. The normalized spacial score (nSPS) is 19.6. The highest BCUT2D eigenvalue weighted by atomic mass is 16.5. The molecule has 2 aliphatic rings. The van der Waals surface area contributed by atoms with E-state index >= 15 is 0 Å². The third kappa shape index (κ3) is 4.22. The van der Waals surface area contributed by atoms with Gasteiger partial charge in [0.15, 0.2) is 5.65 Å². The van der Waals surface area contributed by atoms with Crippen molar-refractivity contribution in [2.24, 2.45) is 7.05 Å². The monoisotopic (exact) mass is 489 g/mol. The summed E-state index contributed by atoms with van der Waals surface area (Å²) in [6.45, 7) is 1.82. The number of carbonyl (C=O) groups excluding carboxylic acids is 1. The lowest BCUT2D eigenvalue weighted by Crippen LogP contribution is -2.41. The van der Waals surface area contributed by atoms with Gasteiger partial charge in [-0.25, -0.2) is 4.52 Å². The zero-order chi connectivity index (χ0) is 24.6. The van der Waals surface area contributed by atoms with Crippen molar-refractivity contribution in [3.63, 3.8) is 0 Å². The predicted molar refractivity (Wildman–Crippen MR) is 131 cm³/mol. The number of anilines is 1. The summed E-state index contributed by atoms with van der Waals surface area (Å²) >= 11 is 0. The molecule has 11 nitrogen and oxygen atoms in total. The maximum Gasteiger partial charge on any atom is 0.252 e. The second kappa shape index (κ2) is 9.15. The molecule has 5 heterocycles. The average molecular weight is 490 g/mol. The minimum Gasteiger partial charge on any atom is -0.489 e. The summed E-state index contributed by atoms with van der Waals surface area (Å²) in [7, 11) is 3.45. The Hall–Kier alpha value is -4.12. The number of hydrogen-bond donors (Lipinski definition) is 1. The Bertz CT molecular complexity index is 1410. The molecular formula is C25H27N7O4. The quantitative estimate of drug-likeness (QED) is 0.465. The van der Waals surface area contributed by atoms with E-state index in [-0.39, 0.29) is 11.9 Å². The molecule has 1 amide bonds. The summed E-state index contributed by atoms with van der Waals surface area (Å²) in [6.07, 6.45) is 7.45. The number of nitrogens with one attached hydrogen (secondary N) is 1. The first-order valence-corrected chi connectivity index (χ1v) is 11.9. The van der Waals surface area contributed by atoms with Crippen molar-refractivity contribution in [1.82, 2.24) is 29.3 Å². The van der Waals surface area contributed by atoms with Crippen LogP contribution in [0.3, 0.4) is 0 Å². The van der Waals surface area contributed by atoms with Gasteiger partial charge in [0.1, 0.15) is 25.1 Å². The van der Waals surface area contributed by atoms with Gasteiger partial charge in [-0.05, 0) is 17.7 Å². The lowest BCUT2D eigenvalue weighted by molar-refractivity contribution is -0.136. The van der Waals surface area contributed by atoms with Crippen molar-refractivity contribution in [2.75, 3.05) is 32.1 Å². The fraction of sp³-hybridized carbons (Fsp3) is 0.360. The first-order valence-electron chi connectivity index (χ1n) is 11.9. The van der Waals surface area contributed by atoms with Crippen molar-refractivity contribution in [3.8, 4) is 22.8 Å². The molecule has 4 bridgehead atoms. The van der Waals surface area contributed by atoms with Gasteiger partial charge in [0, 0.05) is 75.0 Å². The van der Waals surface area contributed by atoms with Crippen LogP contribution in [0.2, 0.25) is 0 Å². The van der Waals surface area contributed by atoms with Gasteiger partial charge >= 0.3 is 0 Å². The third-order valence-corrected chi connectivity index (χ3v) is 6.60. The van der Waals surface area contributed by atoms with Crippen molar-refractivity contribution in [1.29, 1.82) is 0 Å². The molecule has 11 heteroatoms. The first kappa shape index (κ1) is 22.4. The summed E-state index contributed by atoms with van der Waals surface area (Å²) < 4.78 is 21.1. The van der Waals surface area contributed by atoms with Crippen molar-refractivity contribution >= 4 is 17.2 Å². The van der Waals surface area contributed by atoms with Gasteiger partial charge in [-0.2, -0.15) is 15.2 Å². The first-order chi connectivity index (χ1) is 17.6. The number of benzene rings is 1. The molecule has 0 unspecified atom stereocenters. The molecule has 2 aliphatic heterocycles. The predicted octanol–water partition coefficient (Wildman–Crippen LogP) is 2.13. The Balaban J connectivity index is 1.37. The Morgan fingerprint density at radius 3 is 2.97 bits per heavy atom. The van der Waals surface area contributed by atoms with Gasteiger partial charge in [-0.15, -0.1) is 0 Å². The molecule has 3 aromatic heterocycles. The molecule has 4 aromatic rings. The fourth-order valence-electron chi connectivity index (χ4n) is 4.78. The number of hydrogen-bond acceptors (Lipinski definition) is 8. The van der Waals surface area contributed by atoms with Crippen LogP contribution >= 0.6 is 0 Å². The van der Waals surface area contributed by atoms with E-state index in [0.29, 0.717) is 50.0 Å². The highest BCUT2D eigenvalue weighted by Gasteiger charge is 2.39. The van der Waals surface area contributed by atoms with E-state index < -0.39 is 6.10 Å². The molecule has 0 spiro atoms. The van der Waals surface area contributed by atoms with Crippen LogP contribution in [-0.4, -0.2) is 74.1 Å². The highest BCUT2D eigenvalue weighted by Crippen LogP contribution is 2.32. The van der Waals surface area contributed by atoms with Crippen LogP contribution in [0, 0.1) is 0 Å². The summed E-state index contributed by atoms with van der Waals surface area (Å²) in [5.74, 6) is 1.17. The molecule has 6 rings (SSSR count). The molecule has 0 aliphatic carbocycles. The number of carbonyl (C=O) groups is 1. The van der Waals surface area contributed by atoms with E-state index in [4.69, 9.17) is 19.2 Å². The zero-order valence-electron chi connectivity index (χ0n) is 20.1. The van der Waals surface area contributed by atoms with Gasteiger partial charge in [0.25, 0.3) is 5.91 Å². The van der Waals surface area contributed by atoms with E-state index in [1.165, 1.54) is 0 Å². The second-order valence-electron chi connectivity index (χ2n) is 9.03. The molecule has 186 valence electrons. The maximum absolute atomic E-state index is 12.9. The number of amides is 1. The number of nitrogens with zero attached hydrogens (tertiary/aromatic N) is 6. The Labute approximate surface area is 207 Å². The largest absolute Gasteiger partial charge is 0.489 e. The van der Waals surface area contributed by atoms with Crippen LogP contribution in [0.15, 0.2) is 49.1 Å². The zero-order valence-corrected chi connectivity index (χ0v) is 20.1. The number of rotatable bonds is 4. The van der Waals surface area contributed by atoms with Crippen molar-refractivity contribution < 1.29 is 19.0 Å². The topological polar surface area (TPSA) is 108 Å². The number of ether oxygens (including phenoxy) is 3. The molecule has 1 aromatic carbocycles. The highest BCUT2D eigenvalue weighted by molar-refractivity contribution is 5.84. The molecule has 0 radical (unpaired) electrons. The minimum atomic E-state index is -0.457. The molecule has 0 saturated carbocycles. The SMILES string of the molecule is CO[C@@H]1C[C@H]2COc3ccn4ncc(c4n3)-c3cc(cc(OCc4cnn(C)c4)c3)NCCN2C1=O. The molecule has 1 N–H and O–H groups in total. The summed E-state index contributed by atoms with van der Waals surface area (Å²) in [4.78, 5) is 19.4. The third-order valence-electron chi connectivity index (χ3n) is 6.60. The second-order valence-corrected chi connectivity index (χ2v) is 9.03. The van der Waals surface area contributed by atoms with E-state index in [1.54, 1.807) is 34.8 Å². The summed E-state index contributed by atoms with van der Waals surface area (Å²) in [5, 5.41) is 12.1. The number of methoxy groups -OCH3 is 1. The molecule has 36 heavy (non-hydrogen) atoms. The average Bonchev–Trinajstić information content (AvgIpc) is 3.58. The Morgan fingerprint density at radius 2 is 2.14 bits per heavy atom. The number of aryl methyl sites for hydroxylation is 1. The van der Waals surface area contributed by atoms with Crippen LogP contribution in [-0.2, 0) is 23.2 Å². The van der Waals surface area contributed by atoms with Gasteiger partial charge < -0.3 is 24.4 Å². The molecule has 2 atom stereocenters. The van der Waals surface area contributed by atoms with Crippen LogP contribution in [0.25, 0.3) is 16.8 Å². The number of fused-ring (bicyclic) bond motifs is 5. The van der Waals surface area contributed by atoms with E-state index in [0.717, 1.165) is 22.4 Å². The van der Waals surface area contributed by atoms with Crippen molar-refractivity contribution in [2.45, 2.75) is 25.2 Å². The molecule has 1 saturated heterocycles. The number of aromatic nitrogens is 5. The Kier molecular flexibility index (Phi) is 5.68. The molecular weight excluding hydrogens is 462 g/mol. The van der Waals surface area contributed by atoms with Crippen LogP contribution < -0.4 is 14.8 Å². The van der Waals surface area contributed by atoms with Crippen LogP contribution in [0.1, 0.15) is 12.0 Å². The Morgan fingerprint density at radius 1 is 1.22 bits per heavy atom. The van der Waals surface area contributed by atoms with E-state index in [9.17, 15) is 4.79 Å². The van der Waals surface area contributed by atoms with Crippen molar-refractivity contribution in [3.05, 3.63) is 54.6 Å². The standard InChI is InChI=1S/C25H27N7O4/c1-30-13-16(11-27-30)14-35-20-8-17-7-18(9-20)26-4-6-31-19(10-22(34-2)25(31)33)15-36-23-3-5-32-24(29-23)21(17)12-28-32/h3,5,7-9,11-13,19,22,26H,4,6,10,14-15H2,1-2H3/t19-,22+/m0/s1. The van der Waals surface area contributed by atoms with Gasteiger partial charge in [-0.3, -0.25) is 9.48 Å². The lowest BCUT2D eigenvalue weighted by Gasteiger charge is -2.25. The minimum absolute atomic E-state index is 0.0178. The van der Waals surface area contributed by atoms with Gasteiger partial charge in [0.05, 0.1) is 18.4 Å². The van der Waals surface area contributed by atoms with Gasteiger partial charge in [0.2, 0.25) is 5.88 Å². The summed E-state index contributed by atoms with van der Waals surface area (Å²) in [6, 6.07) is 7.66. The fourth-order valence-corrected chi connectivity index (χ4v) is 4.78. The maximum atomic E-state index is 12.9. The van der Waals surface area contributed by atoms with Crippen LogP contribution in [0.4, 0.5) is 5.69 Å². The molecule has 1 fully saturated rings. The van der Waals surface area contributed by atoms with E-state index in [1.807, 2.05) is 42.5 Å². The van der Waals surface area contributed by atoms with Crippen LogP contribution in [0.5, 0.6) is 11.6 Å². The summed E-state index contributed by atoms with van der Waals surface area (Å²) in [5.41, 5.74) is 4.31. The van der Waals surface area contributed by atoms with E-state index in [2.05, 4.69) is 15.5 Å².